The van der Waals surface area contributed by atoms with Crippen molar-refractivity contribution in [2.75, 3.05) is 5.32 Å². The molecule has 2 aliphatic heterocycles. The Balaban J connectivity index is 1.49. The Labute approximate surface area is 161 Å². The molecule has 0 aliphatic carbocycles. The van der Waals surface area contributed by atoms with E-state index in [0.29, 0.717) is 32.7 Å². The fraction of sp³-hybridized carbons (Fsp3) is 0.0476. The average molecular weight is 376 g/mol. The number of hydrogen-bond acceptors (Lipinski definition) is 6. The largest absolute Gasteiger partial charge is 0.438 e. The lowest BCUT2D eigenvalue weighted by molar-refractivity contribution is 0.0411. The van der Waals surface area contributed by atoms with Gasteiger partial charge in [-0.2, -0.15) is 0 Å². The number of carbonyl (C=O) groups excluding carboxylic acids is 1. The minimum atomic E-state index is -0.672. The third-order valence-corrected chi connectivity index (χ3v) is 4.99. The summed E-state index contributed by atoms with van der Waals surface area (Å²) in [6.07, 6.45) is -0.672. The lowest BCUT2D eigenvalue weighted by atomic mass is 10.1. The molecule has 1 unspecified atom stereocenters. The van der Waals surface area contributed by atoms with Gasteiger partial charge in [-0.25, -0.2) is 9.79 Å². The maximum atomic E-state index is 12.2. The average Bonchev–Trinajstić information content (AvgIpc) is 2.68. The van der Waals surface area contributed by atoms with Crippen molar-refractivity contribution in [1.29, 1.82) is 0 Å². The summed E-state index contributed by atoms with van der Waals surface area (Å²) < 4.78 is 11.1. The van der Waals surface area contributed by atoms with Gasteiger partial charge in [-0.05, 0) is 24.3 Å². The van der Waals surface area contributed by atoms with Crippen LogP contribution in [0.3, 0.4) is 0 Å². The molecule has 1 N–H and O–H groups in total. The van der Waals surface area contributed by atoms with E-state index in [-0.39, 0.29) is 0 Å². The number of nitrogens with zero attached hydrogens (tertiary/aromatic N) is 1. The quantitative estimate of drug-likeness (QED) is 0.754. The van der Waals surface area contributed by atoms with E-state index in [1.54, 1.807) is 12.1 Å². The predicted molar refractivity (Wildman–Crippen MR) is 109 cm³/mol. The van der Waals surface area contributed by atoms with Gasteiger partial charge in [0, 0.05) is 10.5 Å². The first-order valence-corrected chi connectivity index (χ1v) is 9.02. The molecule has 0 aromatic heterocycles. The summed E-state index contributed by atoms with van der Waals surface area (Å²) in [6, 6.07) is 14.8. The summed E-state index contributed by atoms with van der Waals surface area (Å²) in [5.41, 5.74) is 2.82. The van der Waals surface area contributed by atoms with Crippen molar-refractivity contribution in [3.63, 3.8) is 0 Å². The van der Waals surface area contributed by atoms with Gasteiger partial charge in [0.25, 0.3) is 0 Å². The van der Waals surface area contributed by atoms with Crippen molar-refractivity contribution in [3.05, 3.63) is 89.2 Å². The van der Waals surface area contributed by atoms with Crippen LogP contribution in [-0.4, -0.2) is 18.1 Å². The molecule has 0 spiro atoms. The molecule has 134 valence electrons. The number of benzene rings is 2. The van der Waals surface area contributed by atoms with Gasteiger partial charge in [0.15, 0.2) is 0 Å². The van der Waals surface area contributed by atoms with Gasteiger partial charge in [0.2, 0.25) is 12.1 Å². The van der Waals surface area contributed by atoms with Crippen LogP contribution in [0.2, 0.25) is 0 Å². The Bertz CT molecular complexity index is 1030. The van der Waals surface area contributed by atoms with E-state index in [1.807, 2.05) is 36.4 Å². The summed E-state index contributed by atoms with van der Waals surface area (Å²) in [5, 5.41) is 3.16. The molecule has 4 rings (SSSR count). The zero-order valence-corrected chi connectivity index (χ0v) is 15.2. The number of carbonyl (C=O) groups is 1. The normalized spacial score (nSPS) is 17.5. The molecule has 6 heteroatoms. The van der Waals surface area contributed by atoms with Crippen LogP contribution in [0.25, 0.3) is 5.76 Å². The first kappa shape index (κ1) is 17.2. The van der Waals surface area contributed by atoms with Crippen LogP contribution in [0.4, 0.5) is 11.4 Å². The van der Waals surface area contributed by atoms with Crippen molar-refractivity contribution < 1.29 is 14.3 Å². The van der Waals surface area contributed by atoms with Crippen LogP contribution in [0.15, 0.2) is 83.1 Å². The molecule has 2 aromatic rings. The number of nitrogens with one attached hydrogen (secondary N) is 1. The monoisotopic (exact) mass is 376 g/mol. The molecule has 5 nitrogen and oxygen atoms in total. The highest BCUT2D eigenvalue weighted by Crippen LogP contribution is 2.37. The van der Waals surface area contributed by atoms with E-state index in [1.165, 1.54) is 11.8 Å². The molecule has 2 heterocycles. The summed E-state index contributed by atoms with van der Waals surface area (Å²) in [7, 11) is 0. The first-order chi connectivity index (χ1) is 13.0. The minimum Gasteiger partial charge on any atom is -0.438 e. The van der Waals surface area contributed by atoms with Gasteiger partial charge in [0.1, 0.15) is 5.76 Å². The maximum Gasteiger partial charge on any atom is 0.342 e. The van der Waals surface area contributed by atoms with Gasteiger partial charge < -0.3 is 14.8 Å². The molecule has 0 radical (unpaired) electrons. The lowest BCUT2D eigenvalue weighted by Crippen LogP contribution is -2.33. The maximum absolute atomic E-state index is 12.2. The van der Waals surface area contributed by atoms with E-state index < -0.39 is 12.2 Å². The van der Waals surface area contributed by atoms with Gasteiger partial charge in [0.05, 0.1) is 21.8 Å². The number of thioether (sulfide) groups is 1. The van der Waals surface area contributed by atoms with Crippen LogP contribution in [-0.2, 0) is 9.47 Å². The zero-order valence-electron chi connectivity index (χ0n) is 14.4. The second-order valence-corrected chi connectivity index (χ2v) is 7.15. The summed E-state index contributed by atoms with van der Waals surface area (Å²) in [6.45, 7) is 12.0. The number of para-hydroxylation sites is 2. The van der Waals surface area contributed by atoms with Crippen LogP contribution in [0.1, 0.15) is 15.9 Å². The van der Waals surface area contributed by atoms with Gasteiger partial charge in [-0.15, -0.1) is 0 Å². The summed E-state index contributed by atoms with van der Waals surface area (Å²) in [4.78, 5) is 17.8. The first-order valence-electron chi connectivity index (χ1n) is 8.20. The highest BCUT2D eigenvalue weighted by atomic mass is 32.2. The predicted octanol–water partition coefficient (Wildman–Crippen LogP) is 5.09. The van der Waals surface area contributed by atoms with Crippen molar-refractivity contribution in [3.8, 4) is 0 Å². The Morgan fingerprint density at radius 1 is 1.07 bits per heavy atom. The third-order valence-electron chi connectivity index (χ3n) is 4.09. The van der Waals surface area contributed by atoms with Crippen molar-refractivity contribution in [1.82, 2.24) is 0 Å². The topological polar surface area (TPSA) is 59.9 Å². The van der Waals surface area contributed by atoms with Crippen LogP contribution < -0.4 is 5.32 Å². The molecule has 27 heavy (non-hydrogen) atoms. The number of rotatable bonds is 4. The Kier molecular flexibility index (Phi) is 4.33. The number of cyclic esters (lactones) is 1. The van der Waals surface area contributed by atoms with Crippen LogP contribution in [0.5, 0.6) is 0 Å². The smallest absolute Gasteiger partial charge is 0.342 e. The number of fused-ring (bicyclic) bond motifs is 2. The van der Waals surface area contributed by atoms with E-state index in [2.05, 4.69) is 30.0 Å². The molecule has 2 aliphatic rings. The molecular formula is C21H16N2O3S. The third kappa shape index (κ3) is 3.27. The molecule has 0 amide bonds. The number of esters is 1. The number of anilines is 1. The van der Waals surface area contributed by atoms with E-state index in [9.17, 15) is 4.79 Å². The second kappa shape index (κ2) is 6.81. The second-order valence-electron chi connectivity index (χ2n) is 5.93. The number of aliphatic imine (C=N–C) groups is 1. The van der Waals surface area contributed by atoms with Crippen molar-refractivity contribution in [2.45, 2.75) is 6.23 Å². The Hall–Kier alpha value is -3.25. The molecule has 0 saturated carbocycles. The fourth-order valence-electron chi connectivity index (χ4n) is 2.76. The standard InChI is InChI=1S/C21H16N2O3S/c1-12-15-8-4-6-10-17(15)22-19(25-12)13(2)27-14(3)20-23-18-11-7-5-9-16(18)21(24)26-20/h4-11,20,23H,1-3H2. The molecule has 2 aromatic carbocycles. The highest BCUT2D eigenvalue weighted by Gasteiger charge is 2.29. The van der Waals surface area contributed by atoms with Gasteiger partial charge in [-0.3, -0.25) is 0 Å². The SMILES string of the molecule is C=C(SC(=C)C1Nc2ccccc2C(=O)O1)C1=Nc2ccccc2C(=C)O1. The molecular weight excluding hydrogens is 360 g/mol. The van der Waals surface area contributed by atoms with E-state index in [0.717, 1.165) is 11.3 Å². The minimum absolute atomic E-state index is 0.354. The summed E-state index contributed by atoms with van der Waals surface area (Å²) >= 11 is 1.24. The van der Waals surface area contributed by atoms with Crippen LogP contribution in [0, 0.1) is 0 Å². The van der Waals surface area contributed by atoms with E-state index >= 15 is 0 Å². The zero-order chi connectivity index (χ0) is 19.0. The van der Waals surface area contributed by atoms with Crippen molar-refractivity contribution in [2.24, 2.45) is 4.99 Å². The van der Waals surface area contributed by atoms with E-state index in [4.69, 9.17) is 9.47 Å². The molecule has 0 bridgehead atoms. The van der Waals surface area contributed by atoms with Crippen molar-refractivity contribution >= 4 is 40.8 Å². The van der Waals surface area contributed by atoms with Gasteiger partial charge >= 0.3 is 5.97 Å². The molecule has 0 saturated heterocycles. The highest BCUT2D eigenvalue weighted by molar-refractivity contribution is 8.07. The summed E-state index contributed by atoms with van der Waals surface area (Å²) in [5.74, 6) is 0.474. The fourth-order valence-corrected chi connectivity index (χ4v) is 3.47. The number of ether oxygens (including phenoxy) is 2. The van der Waals surface area contributed by atoms with Gasteiger partial charge in [-0.1, -0.05) is 55.8 Å². The number of hydrogen-bond donors (Lipinski definition) is 1. The van der Waals surface area contributed by atoms with Crippen LogP contribution >= 0.6 is 11.8 Å². The lowest BCUT2D eigenvalue weighted by Gasteiger charge is -2.28. The Morgan fingerprint density at radius 3 is 2.59 bits per heavy atom. The molecule has 0 fully saturated rings. The Morgan fingerprint density at radius 2 is 1.78 bits per heavy atom. The molecule has 1 atom stereocenters.